The van der Waals surface area contributed by atoms with Gasteiger partial charge in [0.15, 0.2) is 0 Å². The van der Waals surface area contributed by atoms with Crippen LogP contribution in [-0.2, 0) is 6.54 Å². The monoisotopic (exact) mass is 377 g/mol. The number of para-hydroxylation sites is 2. The Hall–Kier alpha value is -1.88. The van der Waals surface area contributed by atoms with Gasteiger partial charge in [0.25, 0.3) is 0 Å². The molecule has 2 heterocycles. The molecule has 2 aliphatic rings. The fraction of sp³-hybridized carbons (Fsp3) is 0.500. The number of β-amino-alcohol motifs (C(OH)–C–C–N with tert-alkyl or cyclic N) is 1. The highest BCUT2D eigenvalue weighted by Crippen LogP contribution is 2.29. The maximum atomic E-state index is 10.9. The summed E-state index contributed by atoms with van der Waals surface area (Å²) in [6, 6.07) is 17.9. The average molecular weight is 378 g/mol. The van der Waals surface area contributed by atoms with Crippen LogP contribution in [0.2, 0.25) is 0 Å². The van der Waals surface area contributed by atoms with E-state index in [-0.39, 0.29) is 6.10 Å². The van der Waals surface area contributed by atoms with Crippen molar-refractivity contribution in [2.24, 2.45) is 0 Å². The van der Waals surface area contributed by atoms with E-state index in [0.717, 1.165) is 38.8 Å². The molecule has 28 heavy (non-hydrogen) atoms. The zero-order valence-corrected chi connectivity index (χ0v) is 16.6. The van der Waals surface area contributed by atoms with Crippen molar-refractivity contribution >= 4 is 21.8 Å². The van der Waals surface area contributed by atoms with Crippen LogP contribution in [0, 0.1) is 0 Å². The fourth-order valence-corrected chi connectivity index (χ4v) is 5.35. The lowest BCUT2D eigenvalue weighted by Gasteiger charge is -2.38. The Balaban J connectivity index is 1.26. The summed E-state index contributed by atoms with van der Waals surface area (Å²) in [5.41, 5.74) is 2.43. The van der Waals surface area contributed by atoms with Crippen LogP contribution >= 0.6 is 0 Å². The van der Waals surface area contributed by atoms with Crippen molar-refractivity contribution < 1.29 is 5.11 Å². The number of hydrogen-bond acceptors (Lipinski definition) is 3. The maximum Gasteiger partial charge on any atom is 0.0845 e. The van der Waals surface area contributed by atoms with Crippen molar-refractivity contribution in [2.45, 2.75) is 44.4 Å². The smallest absolute Gasteiger partial charge is 0.0845 e. The molecule has 1 saturated carbocycles. The van der Waals surface area contributed by atoms with Gasteiger partial charge in [-0.1, -0.05) is 49.2 Å². The largest absolute Gasteiger partial charge is 0.390 e. The predicted octanol–water partition coefficient (Wildman–Crippen LogP) is 3.72. The summed E-state index contributed by atoms with van der Waals surface area (Å²) < 4.78 is 2.30. The van der Waals surface area contributed by atoms with Crippen molar-refractivity contribution in [1.29, 1.82) is 0 Å². The molecular formula is C24H31N3O. The number of benzene rings is 2. The van der Waals surface area contributed by atoms with Crippen LogP contribution in [-0.4, -0.2) is 64.3 Å². The number of fused-ring (bicyclic) bond motifs is 3. The topological polar surface area (TPSA) is 31.6 Å². The molecule has 2 aromatic carbocycles. The first-order valence-corrected chi connectivity index (χ1v) is 10.9. The predicted molar refractivity (Wildman–Crippen MR) is 116 cm³/mol. The van der Waals surface area contributed by atoms with Crippen LogP contribution in [0.1, 0.15) is 25.7 Å². The van der Waals surface area contributed by atoms with Gasteiger partial charge in [0.1, 0.15) is 0 Å². The summed E-state index contributed by atoms with van der Waals surface area (Å²) >= 11 is 0. The summed E-state index contributed by atoms with van der Waals surface area (Å²) in [7, 11) is 0. The summed E-state index contributed by atoms with van der Waals surface area (Å²) in [6.07, 6.45) is 5.23. The van der Waals surface area contributed by atoms with Crippen molar-refractivity contribution in [3.05, 3.63) is 48.5 Å². The second-order valence-electron chi connectivity index (χ2n) is 8.57. The summed E-state index contributed by atoms with van der Waals surface area (Å²) in [4.78, 5) is 5.13. The summed E-state index contributed by atoms with van der Waals surface area (Å²) in [5.74, 6) is 0. The molecule has 0 radical (unpaired) electrons. The minimum absolute atomic E-state index is 0.350. The van der Waals surface area contributed by atoms with E-state index in [1.807, 2.05) is 0 Å². The molecule has 148 valence electrons. The van der Waals surface area contributed by atoms with Crippen molar-refractivity contribution in [2.75, 3.05) is 32.7 Å². The minimum atomic E-state index is -0.350. The van der Waals surface area contributed by atoms with Gasteiger partial charge in [-0.15, -0.1) is 0 Å². The van der Waals surface area contributed by atoms with E-state index < -0.39 is 0 Å². The van der Waals surface area contributed by atoms with Gasteiger partial charge in [-0.05, 0) is 25.0 Å². The van der Waals surface area contributed by atoms with E-state index in [0.29, 0.717) is 6.54 Å². The Morgan fingerprint density at radius 1 is 0.786 bits per heavy atom. The molecule has 1 N–H and O–H groups in total. The maximum absolute atomic E-state index is 10.9. The molecule has 0 amide bonds. The van der Waals surface area contributed by atoms with Gasteiger partial charge in [-0.3, -0.25) is 9.80 Å². The molecule has 1 aliphatic heterocycles. The minimum Gasteiger partial charge on any atom is -0.390 e. The first-order chi connectivity index (χ1) is 13.8. The lowest BCUT2D eigenvalue weighted by Crippen LogP contribution is -2.51. The number of aliphatic hydroxyl groups is 1. The van der Waals surface area contributed by atoms with Crippen LogP contribution in [0.25, 0.3) is 21.8 Å². The molecule has 3 aromatic rings. The third-order valence-corrected chi connectivity index (χ3v) is 6.79. The summed E-state index contributed by atoms with van der Waals surface area (Å²) in [5, 5.41) is 13.4. The van der Waals surface area contributed by atoms with Crippen molar-refractivity contribution in [3.63, 3.8) is 0 Å². The fourth-order valence-electron chi connectivity index (χ4n) is 5.35. The molecule has 0 spiro atoms. The van der Waals surface area contributed by atoms with Crippen LogP contribution in [0.3, 0.4) is 0 Å². The highest BCUT2D eigenvalue weighted by atomic mass is 16.3. The number of hydrogen-bond donors (Lipinski definition) is 1. The van der Waals surface area contributed by atoms with E-state index >= 15 is 0 Å². The number of piperazine rings is 1. The van der Waals surface area contributed by atoms with Gasteiger partial charge in [0, 0.05) is 60.6 Å². The van der Waals surface area contributed by atoms with Gasteiger partial charge in [0.2, 0.25) is 0 Å². The molecule has 4 heteroatoms. The standard InChI is InChI=1S/C24H31N3O/c28-20(17-25-13-15-26(16-14-25)19-7-1-2-8-19)18-27-23-11-5-3-9-21(23)22-10-4-6-12-24(22)27/h3-6,9-12,19-20,28H,1-2,7-8,13-18H2. The first-order valence-electron chi connectivity index (χ1n) is 10.9. The highest BCUT2D eigenvalue weighted by Gasteiger charge is 2.27. The van der Waals surface area contributed by atoms with Gasteiger partial charge < -0.3 is 9.67 Å². The molecule has 2 fully saturated rings. The molecule has 5 rings (SSSR count). The molecule has 1 atom stereocenters. The molecule has 0 bridgehead atoms. The third kappa shape index (κ3) is 3.45. The van der Waals surface area contributed by atoms with E-state index in [1.54, 1.807) is 0 Å². The Labute approximate surface area is 167 Å². The molecule has 1 aromatic heterocycles. The van der Waals surface area contributed by atoms with Crippen LogP contribution < -0.4 is 0 Å². The molecule has 4 nitrogen and oxygen atoms in total. The van der Waals surface area contributed by atoms with Gasteiger partial charge >= 0.3 is 0 Å². The SMILES string of the molecule is OC(CN1CCN(C2CCCC2)CC1)Cn1c2ccccc2c2ccccc21. The van der Waals surface area contributed by atoms with E-state index in [1.165, 1.54) is 47.5 Å². The van der Waals surface area contributed by atoms with Gasteiger partial charge in [-0.2, -0.15) is 0 Å². The normalized spacial score (nSPS) is 21.0. The van der Waals surface area contributed by atoms with Crippen LogP contribution in [0.15, 0.2) is 48.5 Å². The highest BCUT2D eigenvalue weighted by molar-refractivity contribution is 6.07. The van der Waals surface area contributed by atoms with E-state index in [4.69, 9.17) is 0 Å². The third-order valence-electron chi connectivity index (χ3n) is 6.79. The lowest BCUT2D eigenvalue weighted by molar-refractivity contribution is 0.0520. The van der Waals surface area contributed by atoms with E-state index in [2.05, 4.69) is 62.9 Å². The Morgan fingerprint density at radius 3 is 1.96 bits per heavy atom. The van der Waals surface area contributed by atoms with Crippen LogP contribution in [0.5, 0.6) is 0 Å². The van der Waals surface area contributed by atoms with Crippen LogP contribution in [0.4, 0.5) is 0 Å². The van der Waals surface area contributed by atoms with Gasteiger partial charge in [0.05, 0.1) is 12.6 Å². The second kappa shape index (κ2) is 7.86. The quantitative estimate of drug-likeness (QED) is 0.735. The summed E-state index contributed by atoms with van der Waals surface area (Å²) in [6.45, 7) is 5.90. The van der Waals surface area contributed by atoms with Crippen molar-refractivity contribution in [1.82, 2.24) is 14.4 Å². The number of nitrogens with zero attached hydrogens (tertiary/aromatic N) is 3. The van der Waals surface area contributed by atoms with Crippen molar-refractivity contribution in [3.8, 4) is 0 Å². The molecule has 1 unspecified atom stereocenters. The average Bonchev–Trinajstić information content (AvgIpc) is 3.37. The number of aromatic nitrogens is 1. The molecule has 1 saturated heterocycles. The van der Waals surface area contributed by atoms with Gasteiger partial charge in [-0.25, -0.2) is 0 Å². The molecular weight excluding hydrogens is 346 g/mol. The number of rotatable bonds is 5. The lowest BCUT2D eigenvalue weighted by atomic mass is 10.1. The zero-order valence-electron chi connectivity index (χ0n) is 16.6. The zero-order chi connectivity index (χ0) is 18.9. The molecule has 1 aliphatic carbocycles. The Kier molecular flexibility index (Phi) is 5.10. The Bertz CT molecular complexity index is 882. The first kappa shape index (κ1) is 18.2. The Morgan fingerprint density at radius 2 is 1.36 bits per heavy atom. The van der Waals surface area contributed by atoms with E-state index in [9.17, 15) is 5.11 Å². The number of aliphatic hydroxyl groups excluding tert-OH is 1. The second-order valence-corrected chi connectivity index (χ2v) is 8.57.